The van der Waals surface area contributed by atoms with Gasteiger partial charge in [0.15, 0.2) is 0 Å². The molecule has 6 nitrogen and oxygen atoms in total. The zero-order valence-corrected chi connectivity index (χ0v) is 11.2. The second-order valence-corrected chi connectivity index (χ2v) is 4.43. The molecule has 3 heterocycles. The normalized spacial score (nSPS) is 17.0. The summed E-state index contributed by atoms with van der Waals surface area (Å²) in [5.41, 5.74) is 0.960. The average Bonchev–Trinajstić information content (AvgIpc) is 3.03. The number of esters is 1. The summed E-state index contributed by atoms with van der Waals surface area (Å²) in [6.45, 7) is 0.535. The molecule has 3 rings (SSSR count). The lowest BCUT2D eigenvalue weighted by atomic mass is 10.3. The van der Waals surface area contributed by atoms with Crippen LogP contribution in [-0.2, 0) is 9.47 Å². The number of hydrogen-bond donors (Lipinski definition) is 0. The highest BCUT2D eigenvalue weighted by Crippen LogP contribution is 2.11. The molecule has 0 saturated carbocycles. The third-order valence-electron chi connectivity index (χ3n) is 2.88. The van der Waals surface area contributed by atoms with E-state index in [1.807, 2.05) is 18.2 Å². The van der Waals surface area contributed by atoms with Gasteiger partial charge in [0.1, 0.15) is 30.6 Å². The largest absolute Gasteiger partial charge is 0.474 e. The summed E-state index contributed by atoms with van der Waals surface area (Å²) in [5.74, 6) is 0.0200. The number of carbonyl (C=O) groups excluding carboxylic acids is 1. The van der Waals surface area contributed by atoms with Gasteiger partial charge in [0.05, 0.1) is 0 Å². The van der Waals surface area contributed by atoms with E-state index in [0.29, 0.717) is 18.2 Å². The third kappa shape index (κ3) is 3.22. The van der Waals surface area contributed by atoms with E-state index in [-0.39, 0.29) is 18.3 Å². The van der Waals surface area contributed by atoms with Crippen LogP contribution in [-0.4, -0.2) is 41.1 Å². The van der Waals surface area contributed by atoms with Crippen molar-refractivity contribution < 1.29 is 14.3 Å². The molecule has 0 bridgehead atoms. The van der Waals surface area contributed by atoms with Crippen LogP contribution in [0.1, 0.15) is 16.2 Å². The van der Waals surface area contributed by atoms with E-state index in [1.165, 1.54) is 0 Å². The first-order valence-corrected chi connectivity index (χ1v) is 6.53. The van der Waals surface area contributed by atoms with Crippen LogP contribution < -0.4 is 0 Å². The van der Waals surface area contributed by atoms with Crippen molar-refractivity contribution in [1.82, 2.24) is 9.97 Å². The van der Waals surface area contributed by atoms with E-state index >= 15 is 0 Å². The van der Waals surface area contributed by atoms with E-state index in [1.54, 1.807) is 30.6 Å². The maximum absolute atomic E-state index is 11.8. The Kier molecular flexibility index (Phi) is 3.86. The topological polar surface area (TPSA) is 73.7 Å². The summed E-state index contributed by atoms with van der Waals surface area (Å²) in [6.07, 6.45) is 3.22. The molecule has 106 valence electrons. The summed E-state index contributed by atoms with van der Waals surface area (Å²) in [5, 5.41) is 0. The Labute approximate surface area is 121 Å². The van der Waals surface area contributed by atoms with Crippen LogP contribution in [0.5, 0.6) is 0 Å². The number of rotatable bonds is 4. The number of nitrogens with zero attached hydrogens (tertiary/aromatic N) is 3. The van der Waals surface area contributed by atoms with Gasteiger partial charge in [-0.15, -0.1) is 0 Å². The molecule has 1 aliphatic heterocycles. The highest BCUT2D eigenvalue weighted by molar-refractivity contribution is 5.93. The van der Waals surface area contributed by atoms with Gasteiger partial charge in [0.2, 0.25) is 5.90 Å². The predicted octanol–water partition coefficient (Wildman–Crippen LogP) is 1.48. The van der Waals surface area contributed by atoms with Crippen molar-refractivity contribution in [3.8, 4) is 0 Å². The molecule has 1 atom stereocenters. The Morgan fingerprint density at radius 2 is 2.00 bits per heavy atom. The molecule has 2 aromatic heterocycles. The molecule has 6 heteroatoms. The van der Waals surface area contributed by atoms with Crippen LogP contribution in [0.15, 0.2) is 53.8 Å². The molecule has 0 amide bonds. The van der Waals surface area contributed by atoms with Crippen molar-refractivity contribution in [2.24, 2.45) is 4.99 Å². The smallest absolute Gasteiger partial charge is 0.356 e. The maximum Gasteiger partial charge on any atom is 0.356 e. The number of aromatic nitrogens is 2. The lowest BCUT2D eigenvalue weighted by molar-refractivity contribution is 0.0465. The van der Waals surface area contributed by atoms with Crippen molar-refractivity contribution in [3.63, 3.8) is 0 Å². The van der Waals surface area contributed by atoms with Gasteiger partial charge in [-0.3, -0.25) is 4.98 Å². The van der Waals surface area contributed by atoms with Crippen molar-refractivity contribution >= 4 is 11.9 Å². The maximum atomic E-state index is 11.8. The SMILES string of the molecule is O=C(OC[C@@H]1COC(c2ccccn2)=N1)c1ccccn1. The summed E-state index contributed by atoms with van der Waals surface area (Å²) < 4.78 is 10.7. The van der Waals surface area contributed by atoms with E-state index in [9.17, 15) is 4.79 Å². The molecule has 1 aliphatic rings. The Morgan fingerprint density at radius 3 is 2.71 bits per heavy atom. The van der Waals surface area contributed by atoms with Gasteiger partial charge in [-0.25, -0.2) is 14.8 Å². The molecular formula is C15H13N3O3. The molecule has 0 unspecified atom stereocenters. The number of hydrogen-bond acceptors (Lipinski definition) is 6. The second kappa shape index (κ2) is 6.13. The lowest BCUT2D eigenvalue weighted by Crippen LogP contribution is -2.18. The van der Waals surface area contributed by atoms with Gasteiger partial charge in [-0.1, -0.05) is 12.1 Å². The van der Waals surface area contributed by atoms with Crippen molar-refractivity contribution in [2.45, 2.75) is 6.04 Å². The number of ether oxygens (including phenoxy) is 2. The highest BCUT2D eigenvalue weighted by Gasteiger charge is 2.22. The molecule has 0 aliphatic carbocycles. The van der Waals surface area contributed by atoms with Gasteiger partial charge >= 0.3 is 5.97 Å². The van der Waals surface area contributed by atoms with Crippen LogP contribution in [0.4, 0.5) is 0 Å². The first kappa shape index (κ1) is 13.2. The molecule has 0 radical (unpaired) electrons. The fraction of sp³-hybridized carbons (Fsp3) is 0.200. The molecule has 0 saturated heterocycles. The number of carbonyl (C=O) groups is 1. The lowest BCUT2D eigenvalue weighted by Gasteiger charge is -2.06. The average molecular weight is 283 g/mol. The minimum absolute atomic E-state index is 0.158. The van der Waals surface area contributed by atoms with Gasteiger partial charge in [-0.2, -0.15) is 0 Å². The monoisotopic (exact) mass is 283 g/mol. The van der Waals surface area contributed by atoms with E-state index < -0.39 is 5.97 Å². The van der Waals surface area contributed by atoms with Crippen LogP contribution in [0.25, 0.3) is 0 Å². The fourth-order valence-corrected chi connectivity index (χ4v) is 1.86. The zero-order chi connectivity index (χ0) is 14.5. The van der Waals surface area contributed by atoms with Gasteiger partial charge in [0.25, 0.3) is 0 Å². The van der Waals surface area contributed by atoms with Gasteiger partial charge in [0, 0.05) is 12.4 Å². The molecule has 0 fully saturated rings. The Hall–Kier alpha value is -2.76. The predicted molar refractivity (Wildman–Crippen MR) is 75.0 cm³/mol. The molecule has 0 aromatic carbocycles. The summed E-state index contributed by atoms with van der Waals surface area (Å²) >= 11 is 0. The van der Waals surface area contributed by atoms with Crippen molar-refractivity contribution in [3.05, 3.63) is 60.2 Å². The van der Waals surface area contributed by atoms with E-state index in [4.69, 9.17) is 9.47 Å². The second-order valence-electron chi connectivity index (χ2n) is 4.43. The van der Waals surface area contributed by atoms with Crippen LogP contribution in [0, 0.1) is 0 Å². The van der Waals surface area contributed by atoms with Crippen molar-refractivity contribution in [1.29, 1.82) is 0 Å². The first-order valence-electron chi connectivity index (χ1n) is 6.53. The fourth-order valence-electron chi connectivity index (χ4n) is 1.86. The zero-order valence-electron chi connectivity index (χ0n) is 11.2. The summed E-state index contributed by atoms with van der Waals surface area (Å²) in [7, 11) is 0. The summed E-state index contributed by atoms with van der Waals surface area (Å²) in [6, 6.07) is 10.4. The molecule has 2 aromatic rings. The Balaban J connectivity index is 1.58. The minimum Gasteiger partial charge on any atom is -0.474 e. The summed E-state index contributed by atoms with van der Waals surface area (Å²) in [4.78, 5) is 24.2. The van der Waals surface area contributed by atoms with Crippen LogP contribution in [0.3, 0.4) is 0 Å². The molecule has 21 heavy (non-hydrogen) atoms. The van der Waals surface area contributed by atoms with Crippen LogP contribution >= 0.6 is 0 Å². The van der Waals surface area contributed by atoms with E-state index in [0.717, 1.165) is 0 Å². The Morgan fingerprint density at radius 1 is 1.19 bits per heavy atom. The Bertz CT molecular complexity index is 644. The highest BCUT2D eigenvalue weighted by atomic mass is 16.5. The molecular weight excluding hydrogens is 270 g/mol. The third-order valence-corrected chi connectivity index (χ3v) is 2.88. The molecule has 0 N–H and O–H groups in total. The van der Waals surface area contributed by atoms with Gasteiger partial charge in [-0.05, 0) is 24.3 Å². The van der Waals surface area contributed by atoms with E-state index in [2.05, 4.69) is 15.0 Å². The molecule has 0 spiro atoms. The van der Waals surface area contributed by atoms with Gasteiger partial charge < -0.3 is 9.47 Å². The number of pyridine rings is 2. The first-order chi connectivity index (χ1) is 10.3. The minimum atomic E-state index is -0.461. The van der Waals surface area contributed by atoms with Crippen LogP contribution in [0.2, 0.25) is 0 Å². The standard InChI is InChI=1S/C15H13N3O3/c19-15(13-6-2-4-8-17-13)21-10-11-9-20-14(18-11)12-5-1-3-7-16-12/h1-8,11H,9-10H2/t11-/m0/s1. The quantitative estimate of drug-likeness (QED) is 0.795. The number of aliphatic imine (C=N–C) groups is 1. The van der Waals surface area contributed by atoms with Crippen molar-refractivity contribution in [2.75, 3.05) is 13.2 Å².